The van der Waals surface area contributed by atoms with Crippen molar-refractivity contribution in [2.45, 2.75) is 39.7 Å². The molecule has 0 aliphatic carbocycles. The Balaban J connectivity index is 2.71. The van der Waals surface area contributed by atoms with Gasteiger partial charge in [-0.3, -0.25) is 14.3 Å². The Morgan fingerprint density at radius 2 is 1.94 bits per heavy atom. The quantitative estimate of drug-likeness (QED) is 0.822. The first kappa shape index (κ1) is 11.6. The van der Waals surface area contributed by atoms with Gasteiger partial charge in [0.05, 0.1) is 0 Å². The summed E-state index contributed by atoms with van der Waals surface area (Å²) in [5.41, 5.74) is 0.0663. The van der Waals surface area contributed by atoms with Crippen molar-refractivity contribution in [3.63, 3.8) is 0 Å². The van der Waals surface area contributed by atoms with Gasteiger partial charge in [-0.05, 0) is 12.8 Å². The van der Waals surface area contributed by atoms with E-state index in [0.29, 0.717) is 17.7 Å². The number of hydrogen-bond acceptors (Lipinski definition) is 3. The second-order valence-corrected chi connectivity index (χ2v) is 4.04. The summed E-state index contributed by atoms with van der Waals surface area (Å²) in [5.74, 6) is 0.753. The molecule has 0 aromatic carbocycles. The summed E-state index contributed by atoms with van der Waals surface area (Å²) in [6.07, 6.45) is 2.53. The molecule has 0 radical (unpaired) electrons. The fraction of sp³-hybridized carbons (Fsp3) is 0.545. The Morgan fingerprint density at radius 1 is 1.18 bits per heavy atom. The number of nitrogens with one attached hydrogen (secondary N) is 2. The second-order valence-electron chi connectivity index (χ2n) is 4.04. The van der Waals surface area contributed by atoms with Gasteiger partial charge in [0, 0.05) is 13.0 Å². The number of rotatable bonds is 4. The van der Waals surface area contributed by atoms with Crippen molar-refractivity contribution in [3.8, 4) is 0 Å². The molecular formula is C11H16N4O2. The van der Waals surface area contributed by atoms with Gasteiger partial charge < -0.3 is 4.98 Å². The molecule has 2 heterocycles. The molecule has 6 nitrogen and oxygen atoms in total. The van der Waals surface area contributed by atoms with Gasteiger partial charge in [0.25, 0.3) is 5.56 Å². The number of H-pyrrole nitrogens is 2. The van der Waals surface area contributed by atoms with Crippen LogP contribution in [0.2, 0.25) is 0 Å². The molecule has 0 saturated carbocycles. The second kappa shape index (κ2) is 4.57. The average molecular weight is 236 g/mol. The zero-order valence-corrected chi connectivity index (χ0v) is 10.0. The van der Waals surface area contributed by atoms with Crippen LogP contribution in [0, 0.1) is 0 Å². The molecule has 17 heavy (non-hydrogen) atoms. The zero-order chi connectivity index (χ0) is 12.4. The number of aromatic amines is 2. The Bertz CT molecular complexity index is 635. The van der Waals surface area contributed by atoms with Crippen LogP contribution in [0.3, 0.4) is 0 Å². The molecule has 0 unspecified atom stereocenters. The van der Waals surface area contributed by atoms with Gasteiger partial charge in [-0.2, -0.15) is 0 Å². The minimum atomic E-state index is -0.396. The molecule has 92 valence electrons. The van der Waals surface area contributed by atoms with Crippen LogP contribution in [-0.2, 0) is 13.0 Å². The topological polar surface area (TPSA) is 83.5 Å². The Labute approximate surface area is 97.7 Å². The predicted molar refractivity (Wildman–Crippen MR) is 65.3 cm³/mol. The maximum atomic E-state index is 11.7. The van der Waals surface area contributed by atoms with Crippen LogP contribution in [0.4, 0.5) is 0 Å². The molecular weight excluding hydrogens is 220 g/mol. The Morgan fingerprint density at radius 3 is 2.59 bits per heavy atom. The SMILES string of the molecule is CCCc1nc2c([nH]1)c(=O)[nH]c(=O)n2CCC. The first-order valence-electron chi connectivity index (χ1n) is 5.89. The predicted octanol–water partition coefficient (Wildman–Crippen LogP) is 0.775. The normalized spacial score (nSPS) is 11.2. The third-order valence-electron chi connectivity index (χ3n) is 2.62. The summed E-state index contributed by atoms with van der Waals surface area (Å²) in [5, 5.41) is 0. The summed E-state index contributed by atoms with van der Waals surface area (Å²) in [7, 11) is 0. The molecule has 2 N–H and O–H groups in total. The van der Waals surface area contributed by atoms with Crippen molar-refractivity contribution in [2.75, 3.05) is 0 Å². The highest BCUT2D eigenvalue weighted by Crippen LogP contribution is 2.06. The summed E-state index contributed by atoms with van der Waals surface area (Å²) >= 11 is 0. The lowest BCUT2D eigenvalue weighted by atomic mass is 10.3. The molecule has 0 atom stereocenters. The average Bonchev–Trinajstić information content (AvgIpc) is 2.69. The van der Waals surface area contributed by atoms with Gasteiger partial charge in [0.1, 0.15) is 11.3 Å². The molecule has 0 bridgehead atoms. The molecule has 0 saturated heterocycles. The van der Waals surface area contributed by atoms with E-state index in [4.69, 9.17) is 0 Å². The standard InChI is InChI=1S/C11H16N4O2/c1-3-5-7-12-8-9(13-7)15(6-4-2)11(17)14-10(8)16/h3-6H2,1-2H3,(H,12,13)(H,14,16,17). The highest BCUT2D eigenvalue weighted by atomic mass is 16.2. The smallest absolute Gasteiger partial charge is 0.330 e. The number of fused-ring (bicyclic) bond motifs is 1. The zero-order valence-electron chi connectivity index (χ0n) is 10.0. The van der Waals surface area contributed by atoms with Gasteiger partial charge in [-0.1, -0.05) is 13.8 Å². The number of aryl methyl sites for hydroxylation is 2. The highest BCUT2D eigenvalue weighted by Gasteiger charge is 2.11. The largest absolute Gasteiger partial charge is 0.336 e. The van der Waals surface area contributed by atoms with E-state index >= 15 is 0 Å². The van der Waals surface area contributed by atoms with Crippen molar-refractivity contribution in [1.82, 2.24) is 19.5 Å². The molecule has 6 heteroatoms. The van der Waals surface area contributed by atoms with Gasteiger partial charge >= 0.3 is 5.69 Å². The Hall–Kier alpha value is -1.85. The van der Waals surface area contributed by atoms with E-state index in [-0.39, 0.29) is 5.69 Å². The molecule has 2 rings (SSSR count). The fourth-order valence-electron chi connectivity index (χ4n) is 1.88. The van der Waals surface area contributed by atoms with Gasteiger partial charge in [0.2, 0.25) is 0 Å². The van der Waals surface area contributed by atoms with Crippen molar-refractivity contribution in [2.24, 2.45) is 0 Å². The molecule has 2 aromatic heterocycles. The number of imidazole rings is 1. The third kappa shape index (κ3) is 2.02. The molecule has 0 amide bonds. The molecule has 0 aliphatic rings. The van der Waals surface area contributed by atoms with Crippen LogP contribution >= 0.6 is 0 Å². The van der Waals surface area contributed by atoms with Gasteiger partial charge in [-0.25, -0.2) is 9.78 Å². The number of nitrogens with zero attached hydrogens (tertiary/aromatic N) is 2. The van der Waals surface area contributed by atoms with Crippen molar-refractivity contribution >= 4 is 11.2 Å². The van der Waals surface area contributed by atoms with Crippen molar-refractivity contribution in [1.29, 1.82) is 0 Å². The van der Waals surface area contributed by atoms with Crippen molar-refractivity contribution in [3.05, 3.63) is 26.7 Å². The Kier molecular flexibility index (Phi) is 3.12. The highest BCUT2D eigenvalue weighted by molar-refractivity contribution is 5.69. The van der Waals surface area contributed by atoms with E-state index in [1.807, 2.05) is 13.8 Å². The van der Waals surface area contributed by atoms with Crippen LogP contribution in [0.15, 0.2) is 9.59 Å². The maximum Gasteiger partial charge on any atom is 0.330 e. The van der Waals surface area contributed by atoms with E-state index in [1.54, 1.807) is 0 Å². The van der Waals surface area contributed by atoms with Crippen LogP contribution in [0.25, 0.3) is 11.2 Å². The summed E-state index contributed by atoms with van der Waals surface area (Å²) < 4.78 is 1.51. The number of aromatic nitrogens is 4. The first-order valence-corrected chi connectivity index (χ1v) is 5.89. The van der Waals surface area contributed by atoms with Crippen LogP contribution in [0.5, 0.6) is 0 Å². The van der Waals surface area contributed by atoms with E-state index in [1.165, 1.54) is 4.57 Å². The maximum absolute atomic E-state index is 11.7. The molecule has 0 fully saturated rings. The molecule has 2 aromatic rings. The lowest BCUT2D eigenvalue weighted by molar-refractivity contribution is 0.652. The fourth-order valence-corrected chi connectivity index (χ4v) is 1.88. The summed E-state index contributed by atoms with van der Waals surface area (Å²) in [6, 6.07) is 0. The lowest BCUT2D eigenvalue weighted by Gasteiger charge is -2.02. The van der Waals surface area contributed by atoms with Crippen molar-refractivity contribution < 1.29 is 0 Å². The lowest BCUT2D eigenvalue weighted by Crippen LogP contribution is -2.30. The van der Waals surface area contributed by atoms with E-state index < -0.39 is 5.56 Å². The van der Waals surface area contributed by atoms with Crippen LogP contribution in [0.1, 0.15) is 32.5 Å². The minimum Gasteiger partial charge on any atom is -0.336 e. The van der Waals surface area contributed by atoms with Gasteiger partial charge in [-0.15, -0.1) is 0 Å². The van der Waals surface area contributed by atoms with Crippen LogP contribution in [-0.4, -0.2) is 19.5 Å². The monoisotopic (exact) mass is 236 g/mol. The molecule has 0 aliphatic heterocycles. The van der Waals surface area contributed by atoms with Crippen LogP contribution < -0.4 is 11.2 Å². The van der Waals surface area contributed by atoms with Gasteiger partial charge in [0.15, 0.2) is 5.65 Å². The minimum absolute atomic E-state index is 0.390. The molecule has 0 spiro atoms. The van der Waals surface area contributed by atoms with E-state index in [2.05, 4.69) is 15.0 Å². The van der Waals surface area contributed by atoms with E-state index in [0.717, 1.165) is 25.1 Å². The third-order valence-corrected chi connectivity index (χ3v) is 2.62. The first-order chi connectivity index (χ1) is 8.17. The van der Waals surface area contributed by atoms with E-state index in [9.17, 15) is 9.59 Å². The number of hydrogen-bond donors (Lipinski definition) is 2. The summed E-state index contributed by atoms with van der Waals surface area (Å²) in [6.45, 7) is 4.57. The summed E-state index contributed by atoms with van der Waals surface area (Å²) in [4.78, 5) is 32.9.